The molecule has 6 fully saturated rings. The quantitative estimate of drug-likeness (QED) is 0.154. The van der Waals surface area contributed by atoms with Crippen molar-refractivity contribution in [3.63, 3.8) is 0 Å². The zero-order chi connectivity index (χ0) is 44.3. The molecule has 8 heteroatoms. The van der Waals surface area contributed by atoms with Gasteiger partial charge in [0.2, 0.25) is 0 Å². The van der Waals surface area contributed by atoms with Gasteiger partial charge in [0.15, 0.2) is 0 Å². The Morgan fingerprint density at radius 3 is 1.71 bits per heavy atom. The van der Waals surface area contributed by atoms with Crippen LogP contribution in [0, 0.1) is 40.9 Å². The van der Waals surface area contributed by atoms with Gasteiger partial charge in [-0.25, -0.2) is 0 Å². The molecule has 1 aromatic rings. The monoisotopic (exact) mass is 874 g/mol. The fourth-order valence-corrected chi connectivity index (χ4v) is 14.8. The average Bonchev–Trinajstić information content (AvgIpc) is 3.73. The molecule has 1 aromatic heterocycles. The van der Waals surface area contributed by atoms with E-state index in [1.165, 1.54) is 187 Å². The van der Waals surface area contributed by atoms with Crippen molar-refractivity contribution in [2.75, 3.05) is 79.1 Å². The summed E-state index contributed by atoms with van der Waals surface area (Å²) in [6, 6.07) is 3.57. The molecule has 1 spiro atoms. The van der Waals surface area contributed by atoms with Crippen molar-refractivity contribution >= 4 is 0 Å². The van der Waals surface area contributed by atoms with E-state index in [2.05, 4.69) is 90.8 Å². The summed E-state index contributed by atoms with van der Waals surface area (Å²) in [5, 5.41) is 5.01. The van der Waals surface area contributed by atoms with Crippen molar-refractivity contribution in [1.29, 1.82) is 0 Å². The first-order valence-electron chi connectivity index (χ1n) is 27.6. The van der Waals surface area contributed by atoms with Crippen LogP contribution in [0.2, 0.25) is 0 Å². The second kappa shape index (κ2) is 21.5. The highest BCUT2D eigenvalue weighted by Crippen LogP contribution is 2.52. The van der Waals surface area contributed by atoms with Gasteiger partial charge in [-0.15, -0.1) is 0 Å². The van der Waals surface area contributed by atoms with Gasteiger partial charge >= 0.3 is 0 Å². The van der Waals surface area contributed by atoms with E-state index in [1.807, 2.05) is 7.11 Å². The van der Waals surface area contributed by atoms with Crippen LogP contribution >= 0.6 is 0 Å². The van der Waals surface area contributed by atoms with E-state index < -0.39 is 0 Å². The molecular weight excluding hydrogens is 775 g/mol. The standard InChI is InChI=1S/C55H99N7O/c1-41(2)58-30-20-51(21-31-58)62-53-15-14-49(36-50(53)39-56-62)45(7)11-10-43(5)47-16-26-57(27-17-47)40-55(63-9)24-34-60(35-25-55)46(8)13-12-44(6)48-18-28-61(29-19-48)52-37-54(38-52)22-32-59(33-23-54)42(3)4/h39,41-49,51-52H,10-38,40H2,1-9H3. The molecule has 5 aliphatic heterocycles. The number of hydrogen-bond acceptors (Lipinski definition) is 7. The van der Waals surface area contributed by atoms with Gasteiger partial charge in [-0.1, -0.05) is 33.6 Å². The maximum atomic E-state index is 6.45. The first kappa shape index (κ1) is 48.4. The maximum Gasteiger partial charge on any atom is 0.0829 e. The number of aromatic nitrogens is 2. The lowest BCUT2D eigenvalue weighted by atomic mass is 9.59. The summed E-state index contributed by atoms with van der Waals surface area (Å²) in [4.78, 5) is 13.9. The molecule has 7 aliphatic rings. The van der Waals surface area contributed by atoms with E-state index in [0.29, 0.717) is 23.5 Å². The van der Waals surface area contributed by atoms with Crippen LogP contribution in [0.1, 0.15) is 182 Å². The fourth-order valence-electron chi connectivity index (χ4n) is 14.8. The van der Waals surface area contributed by atoms with Crippen molar-refractivity contribution in [2.24, 2.45) is 40.9 Å². The zero-order valence-electron chi connectivity index (χ0n) is 42.7. The molecule has 0 amide bonds. The lowest BCUT2D eigenvalue weighted by Crippen LogP contribution is -2.57. The van der Waals surface area contributed by atoms with Gasteiger partial charge < -0.3 is 29.2 Å². The Morgan fingerprint density at radius 2 is 1.13 bits per heavy atom. The second-order valence-electron chi connectivity index (χ2n) is 24.5. The van der Waals surface area contributed by atoms with Gasteiger partial charge in [-0.2, -0.15) is 5.10 Å². The molecule has 0 aromatic carbocycles. The fraction of sp³-hybridized carbons (Fsp3) is 0.945. The normalized spacial score (nSPS) is 29.0. The SMILES string of the molecule is COC1(CN2CCC(C(C)CCC(C)C3CCc4c(cnn4C4CCN(C(C)C)CC4)C3)CC2)CCN(C(C)CCC(C)C2CCN(C3CC4(CCN(C(C)C)CC4)C3)CC2)CC1. The summed E-state index contributed by atoms with van der Waals surface area (Å²) >= 11 is 0. The van der Waals surface area contributed by atoms with Crippen molar-refractivity contribution in [2.45, 2.75) is 213 Å². The molecule has 2 aliphatic carbocycles. The summed E-state index contributed by atoms with van der Waals surface area (Å²) in [6.07, 6.45) is 28.0. The van der Waals surface area contributed by atoms with Crippen LogP contribution < -0.4 is 0 Å². The Morgan fingerprint density at radius 1 is 0.587 bits per heavy atom. The van der Waals surface area contributed by atoms with Gasteiger partial charge in [0.25, 0.3) is 0 Å². The highest BCUT2D eigenvalue weighted by molar-refractivity contribution is 5.22. The number of ether oxygens (including phenoxy) is 1. The van der Waals surface area contributed by atoms with E-state index in [4.69, 9.17) is 9.84 Å². The van der Waals surface area contributed by atoms with E-state index >= 15 is 0 Å². The highest BCUT2D eigenvalue weighted by atomic mass is 16.5. The second-order valence-corrected chi connectivity index (χ2v) is 24.5. The van der Waals surface area contributed by atoms with Crippen molar-refractivity contribution in [3.05, 3.63) is 17.5 Å². The molecule has 1 saturated carbocycles. The van der Waals surface area contributed by atoms with Crippen LogP contribution in [0.25, 0.3) is 0 Å². The summed E-state index contributed by atoms with van der Waals surface area (Å²) in [6.45, 7) is 33.6. The Balaban J connectivity index is 0.685. The van der Waals surface area contributed by atoms with Crippen LogP contribution in [0.3, 0.4) is 0 Å². The Bertz CT molecular complexity index is 1510. The minimum absolute atomic E-state index is 0.0403. The van der Waals surface area contributed by atoms with Gasteiger partial charge in [0.1, 0.15) is 0 Å². The molecule has 5 unspecified atom stereocenters. The molecule has 8 rings (SSSR count). The number of fused-ring (bicyclic) bond motifs is 1. The summed E-state index contributed by atoms with van der Waals surface area (Å²) in [5.41, 5.74) is 3.88. The smallest absolute Gasteiger partial charge is 0.0829 e. The number of methoxy groups -OCH3 is 1. The first-order chi connectivity index (χ1) is 30.3. The minimum Gasteiger partial charge on any atom is -0.377 e. The lowest BCUT2D eigenvalue weighted by molar-refractivity contribution is -0.0859. The van der Waals surface area contributed by atoms with E-state index in [-0.39, 0.29) is 5.60 Å². The number of likely N-dealkylation sites (tertiary alicyclic amines) is 5. The molecule has 0 radical (unpaired) electrons. The molecule has 6 heterocycles. The topological polar surface area (TPSA) is 43.3 Å². The third-order valence-corrected chi connectivity index (χ3v) is 20.3. The Hall–Kier alpha value is -1.03. The van der Waals surface area contributed by atoms with E-state index in [1.54, 1.807) is 11.3 Å². The van der Waals surface area contributed by atoms with Gasteiger partial charge in [-0.05, 0) is 230 Å². The molecule has 63 heavy (non-hydrogen) atoms. The molecule has 5 saturated heterocycles. The molecular formula is C55H99N7O. The van der Waals surface area contributed by atoms with Crippen LogP contribution in [-0.4, -0.2) is 143 Å². The number of nitrogens with zero attached hydrogens (tertiary/aromatic N) is 7. The number of hydrogen-bond donors (Lipinski definition) is 0. The zero-order valence-corrected chi connectivity index (χ0v) is 42.7. The predicted octanol–water partition coefficient (Wildman–Crippen LogP) is 10.4. The minimum atomic E-state index is 0.0403. The molecule has 0 bridgehead atoms. The third kappa shape index (κ3) is 11.6. The highest BCUT2D eigenvalue weighted by Gasteiger charge is 2.48. The average molecular weight is 874 g/mol. The lowest BCUT2D eigenvalue weighted by Gasteiger charge is -2.56. The number of rotatable bonds is 17. The van der Waals surface area contributed by atoms with Crippen molar-refractivity contribution in [3.8, 4) is 0 Å². The molecule has 360 valence electrons. The molecule has 8 nitrogen and oxygen atoms in total. The summed E-state index contributed by atoms with van der Waals surface area (Å²) in [7, 11) is 2.01. The van der Waals surface area contributed by atoms with E-state index in [9.17, 15) is 0 Å². The van der Waals surface area contributed by atoms with Crippen LogP contribution in [0.4, 0.5) is 0 Å². The molecule has 5 atom stereocenters. The summed E-state index contributed by atoms with van der Waals surface area (Å²) in [5.74, 6) is 5.15. The summed E-state index contributed by atoms with van der Waals surface area (Å²) < 4.78 is 8.92. The van der Waals surface area contributed by atoms with Crippen LogP contribution in [-0.2, 0) is 17.6 Å². The largest absolute Gasteiger partial charge is 0.377 e. The van der Waals surface area contributed by atoms with Gasteiger partial charge in [0, 0.05) is 69.7 Å². The Labute approximate surface area is 388 Å². The van der Waals surface area contributed by atoms with Crippen molar-refractivity contribution in [1.82, 2.24) is 34.3 Å². The van der Waals surface area contributed by atoms with Crippen LogP contribution in [0.5, 0.6) is 0 Å². The molecule has 0 N–H and O–H groups in total. The third-order valence-electron chi connectivity index (χ3n) is 20.3. The van der Waals surface area contributed by atoms with E-state index in [0.717, 1.165) is 54.1 Å². The van der Waals surface area contributed by atoms with Crippen molar-refractivity contribution < 1.29 is 4.74 Å². The Kier molecular flexibility index (Phi) is 16.5. The number of piperidine rings is 5. The van der Waals surface area contributed by atoms with Crippen LogP contribution in [0.15, 0.2) is 6.20 Å². The maximum absolute atomic E-state index is 6.45. The first-order valence-corrected chi connectivity index (χ1v) is 27.6. The van der Waals surface area contributed by atoms with Gasteiger partial charge in [-0.3, -0.25) is 4.68 Å². The van der Waals surface area contributed by atoms with Gasteiger partial charge in [0.05, 0.1) is 17.8 Å². The predicted molar refractivity (Wildman–Crippen MR) is 264 cm³/mol.